The van der Waals surface area contributed by atoms with Crippen molar-refractivity contribution in [3.63, 3.8) is 0 Å². The molecule has 0 saturated carbocycles. The molecule has 176 valence electrons. The molecule has 5 rings (SSSR count). The second kappa shape index (κ2) is 8.80. The number of anilines is 2. The van der Waals surface area contributed by atoms with E-state index in [1.807, 2.05) is 61.5 Å². The molecular formula is C26H24N5O2PS. The van der Waals surface area contributed by atoms with Crippen LogP contribution in [0, 0.1) is 6.92 Å². The Morgan fingerprint density at radius 3 is 2.26 bits per heavy atom. The molecule has 0 radical (unpaired) electrons. The summed E-state index contributed by atoms with van der Waals surface area (Å²) in [5.41, 5.74) is 16.7. The first kappa shape index (κ1) is 23.0. The minimum Gasteiger partial charge on any atom is -0.424 e. The third kappa shape index (κ3) is 4.50. The summed E-state index contributed by atoms with van der Waals surface area (Å²) in [6, 6.07) is 17.5. The number of nitrogen functional groups attached to an aromatic ring is 2. The van der Waals surface area contributed by atoms with Gasteiger partial charge in [0.25, 0.3) is 0 Å². The van der Waals surface area contributed by atoms with E-state index >= 15 is 0 Å². The second-order valence-electron chi connectivity index (χ2n) is 8.62. The van der Waals surface area contributed by atoms with Crippen molar-refractivity contribution in [2.45, 2.75) is 6.92 Å². The van der Waals surface area contributed by atoms with Gasteiger partial charge in [-0.05, 0) is 61.7 Å². The Labute approximate surface area is 207 Å². The van der Waals surface area contributed by atoms with Gasteiger partial charge in [-0.25, -0.2) is 15.0 Å². The van der Waals surface area contributed by atoms with Gasteiger partial charge in [0.2, 0.25) is 0 Å². The molecule has 0 aliphatic rings. The van der Waals surface area contributed by atoms with Crippen LogP contribution in [0.15, 0.2) is 67.0 Å². The number of aryl methyl sites for hydroxylation is 1. The highest BCUT2D eigenvalue weighted by Gasteiger charge is 2.25. The first-order chi connectivity index (χ1) is 16.7. The van der Waals surface area contributed by atoms with E-state index in [0.717, 1.165) is 42.7 Å². The van der Waals surface area contributed by atoms with Gasteiger partial charge in [-0.2, -0.15) is 0 Å². The minimum atomic E-state index is -2.59. The van der Waals surface area contributed by atoms with Crippen LogP contribution >= 0.6 is 18.5 Å². The molecular weight excluding hydrogens is 477 g/mol. The molecule has 2 aromatic carbocycles. The van der Waals surface area contributed by atoms with Crippen molar-refractivity contribution in [2.24, 2.45) is 0 Å². The number of hydrogen-bond donors (Lipinski definition) is 2. The lowest BCUT2D eigenvalue weighted by molar-refractivity contribution is 0.440. The predicted molar refractivity (Wildman–Crippen MR) is 145 cm³/mol. The van der Waals surface area contributed by atoms with E-state index in [4.69, 9.17) is 16.2 Å². The van der Waals surface area contributed by atoms with Crippen LogP contribution in [0.25, 0.3) is 31.7 Å². The third-order valence-corrected chi connectivity index (χ3v) is 8.52. The average Bonchev–Trinajstić information content (AvgIpc) is 3.21. The maximum Gasteiger partial charge on any atom is 0.322 e. The first-order valence-electron chi connectivity index (χ1n) is 10.9. The van der Waals surface area contributed by atoms with Crippen LogP contribution in [0.2, 0.25) is 0 Å². The fraction of sp³-hybridized carbons (Fsp3) is 0.115. The van der Waals surface area contributed by atoms with Gasteiger partial charge in [0.1, 0.15) is 18.7 Å². The van der Waals surface area contributed by atoms with Crippen LogP contribution < -0.4 is 21.5 Å². The molecule has 0 unspecified atom stereocenters. The Morgan fingerprint density at radius 1 is 0.914 bits per heavy atom. The number of nitrogens with zero attached hydrogens (tertiary/aromatic N) is 3. The van der Waals surface area contributed by atoms with Gasteiger partial charge in [-0.1, -0.05) is 24.3 Å². The van der Waals surface area contributed by atoms with Gasteiger partial charge in [0, 0.05) is 44.9 Å². The number of ether oxygens (including phenoxy) is 1. The number of thiophene rings is 1. The fourth-order valence-corrected chi connectivity index (χ4v) is 6.86. The van der Waals surface area contributed by atoms with Gasteiger partial charge >= 0.3 is 6.01 Å². The normalized spacial score (nSPS) is 11.6. The molecule has 0 aliphatic carbocycles. The maximum absolute atomic E-state index is 13.1. The summed E-state index contributed by atoms with van der Waals surface area (Å²) in [7, 11) is -2.59. The van der Waals surface area contributed by atoms with E-state index in [9.17, 15) is 4.57 Å². The third-order valence-electron chi connectivity index (χ3n) is 5.60. The highest BCUT2D eigenvalue weighted by molar-refractivity contribution is 7.71. The van der Waals surface area contributed by atoms with Crippen LogP contribution in [0.4, 0.5) is 11.5 Å². The SMILES string of the molecule is Cc1ccnc(Oc2ccc(-c3c(-c4ccc(N)cc4)sc4c(P(C)(C)=O)cnc(N)c34)cc2)n1. The Balaban J connectivity index is 1.69. The van der Waals surface area contributed by atoms with Crippen LogP contribution in [-0.2, 0) is 4.57 Å². The van der Waals surface area contributed by atoms with Crippen LogP contribution in [0.5, 0.6) is 11.8 Å². The topological polar surface area (TPSA) is 117 Å². The van der Waals surface area contributed by atoms with Gasteiger partial charge < -0.3 is 20.8 Å². The lowest BCUT2D eigenvalue weighted by Crippen LogP contribution is -2.06. The Hall–Kier alpha value is -3.74. The van der Waals surface area contributed by atoms with Crippen molar-refractivity contribution in [3.05, 3.63) is 72.7 Å². The first-order valence-corrected chi connectivity index (χ1v) is 14.3. The summed E-state index contributed by atoms with van der Waals surface area (Å²) in [6.07, 6.45) is 3.31. The predicted octanol–water partition coefficient (Wildman–Crippen LogP) is 5.93. The van der Waals surface area contributed by atoms with E-state index in [1.165, 1.54) is 0 Å². The molecule has 0 aliphatic heterocycles. The Kier molecular flexibility index (Phi) is 5.79. The zero-order chi connectivity index (χ0) is 24.7. The second-order valence-corrected chi connectivity index (χ2v) is 12.8. The largest absolute Gasteiger partial charge is 0.424 e. The standard InChI is InChI=1S/C26H24N5O2PS/c1-15-12-13-29-26(31-15)33-19-10-6-16(7-11-19)21-22-24(20(34(2,3)32)14-30-25(22)28)35-23(21)17-4-8-18(27)9-5-17/h4-14H,27H2,1-3H3,(H2,28,30). The lowest BCUT2D eigenvalue weighted by atomic mass is 9.99. The molecule has 35 heavy (non-hydrogen) atoms. The summed E-state index contributed by atoms with van der Waals surface area (Å²) >= 11 is 1.57. The highest BCUT2D eigenvalue weighted by atomic mass is 32.1. The lowest BCUT2D eigenvalue weighted by Gasteiger charge is -2.11. The van der Waals surface area contributed by atoms with E-state index in [-0.39, 0.29) is 0 Å². The molecule has 4 N–H and O–H groups in total. The Morgan fingerprint density at radius 2 is 1.60 bits per heavy atom. The van der Waals surface area contributed by atoms with Crippen LogP contribution in [0.3, 0.4) is 0 Å². The smallest absolute Gasteiger partial charge is 0.322 e. The van der Waals surface area contributed by atoms with Gasteiger partial charge in [0.15, 0.2) is 0 Å². The number of benzene rings is 2. The van der Waals surface area contributed by atoms with E-state index in [1.54, 1.807) is 37.1 Å². The highest BCUT2D eigenvalue weighted by Crippen LogP contribution is 2.49. The molecule has 7 nitrogen and oxygen atoms in total. The number of fused-ring (bicyclic) bond motifs is 1. The van der Waals surface area contributed by atoms with E-state index in [2.05, 4.69) is 15.0 Å². The van der Waals surface area contributed by atoms with Crippen molar-refractivity contribution in [2.75, 3.05) is 24.8 Å². The van der Waals surface area contributed by atoms with E-state index < -0.39 is 7.14 Å². The van der Waals surface area contributed by atoms with Crippen molar-refractivity contribution in [3.8, 4) is 33.3 Å². The summed E-state index contributed by atoms with van der Waals surface area (Å²) in [5, 5.41) is 1.53. The number of rotatable bonds is 5. The summed E-state index contributed by atoms with van der Waals surface area (Å²) < 4.78 is 19.8. The molecule has 0 bridgehead atoms. The Bertz CT molecular complexity index is 1590. The number of nitrogens with two attached hydrogens (primary N) is 2. The molecule has 0 fully saturated rings. The van der Waals surface area contributed by atoms with E-state index in [0.29, 0.717) is 23.3 Å². The molecule has 3 aromatic heterocycles. The number of hydrogen-bond acceptors (Lipinski definition) is 8. The fourth-order valence-electron chi connectivity index (χ4n) is 3.88. The molecule has 0 amide bonds. The van der Waals surface area contributed by atoms with Gasteiger partial charge in [0.05, 0.1) is 4.70 Å². The number of aromatic nitrogens is 3. The minimum absolute atomic E-state index is 0.293. The zero-order valence-electron chi connectivity index (χ0n) is 19.5. The molecule has 9 heteroatoms. The summed E-state index contributed by atoms with van der Waals surface area (Å²) in [6.45, 7) is 5.39. The molecule has 0 atom stereocenters. The summed E-state index contributed by atoms with van der Waals surface area (Å²) in [4.78, 5) is 13.9. The van der Waals surface area contributed by atoms with Crippen LogP contribution in [-0.4, -0.2) is 28.3 Å². The van der Waals surface area contributed by atoms with Crippen LogP contribution in [0.1, 0.15) is 5.69 Å². The monoisotopic (exact) mass is 501 g/mol. The average molecular weight is 502 g/mol. The molecule has 5 aromatic rings. The van der Waals surface area contributed by atoms with Crippen molar-refractivity contribution in [1.29, 1.82) is 0 Å². The van der Waals surface area contributed by atoms with Crippen molar-refractivity contribution in [1.82, 2.24) is 15.0 Å². The maximum atomic E-state index is 13.1. The summed E-state index contributed by atoms with van der Waals surface area (Å²) in [5.74, 6) is 1.02. The molecule has 3 heterocycles. The van der Waals surface area contributed by atoms with Crippen molar-refractivity contribution < 1.29 is 9.30 Å². The van der Waals surface area contributed by atoms with Gasteiger partial charge in [-0.15, -0.1) is 11.3 Å². The molecule has 0 spiro atoms. The van der Waals surface area contributed by atoms with Gasteiger partial charge in [-0.3, -0.25) is 0 Å². The van der Waals surface area contributed by atoms with Crippen molar-refractivity contribution >= 4 is 45.4 Å². The zero-order valence-corrected chi connectivity index (χ0v) is 21.2. The number of pyridine rings is 1. The quantitative estimate of drug-likeness (QED) is 0.226. The molecule has 0 saturated heterocycles.